The summed E-state index contributed by atoms with van der Waals surface area (Å²) in [5.74, 6) is 1.77. The Morgan fingerprint density at radius 1 is 0.581 bits per heavy atom. The van der Waals surface area contributed by atoms with Crippen LogP contribution in [0.4, 0.5) is 11.4 Å². The zero-order valence-electron chi connectivity index (χ0n) is 18.9. The van der Waals surface area contributed by atoms with Gasteiger partial charge < -0.3 is 9.47 Å². The molecule has 0 unspecified atom stereocenters. The first-order chi connectivity index (χ1) is 15.3. The molecule has 2 rings (SSSR count). The first-order valence-corrected chi connectivity index (χ1v) is 12.9. The summed E-state index contributed by atoms with van der Waals surface area (Å²) >= 11 is 3.46. The Kier molecular flexibility index (Phi) is 13.7. The van der Waals surface area contributed by atoms with Crippen molar-refractivity contribution in [3.63, 3.8) is 0 Å². The lowest BCUT2D eigenvalue weighted by Crippen LogP contribution is -1.97. The predicted octanol–water partition coefficient (Wildman–Crippen LogP) is 9.18. The quantitative estimate of drug-likeness (QED) is 0.126. The number of benzene rings is 2. The maximum atomic E-state index is 5.81. The van der Waals surface area contributed by atoms with Crippen LogP contribution in [0, 0.1) is 0 Å². The minimum atomic E-state index is 0.760. The highest BCUT2D eigenvalue weighted by molar-refractivity contribution is 9.09. The lowest BCUT2D eigenvalue weighted by Gasteiger charge is -2.06. The fourth-order valence-corrected chi connectivity index (χ4v) is 3.54. The lowest BCUT2D eigenvalue weighted by molar-refractivity contribution is 0.304. The van der Waals surface area contributed by atoms with E-state index < -0.39 is 0 Å². The minimum absolute atomic E-state index is 0.760. The van der Waals surface area contributed by atoms with Gasteiger partial charge in [0.2, 0.25) is 0 Å². The van der Waals surface area contributed by atoms with Gasteiger partial charge in [-0.1, -0.05) is 67.8 Å². The average Bonchev–Trinajstić information content (AvgIpc) is 2.81. The number of azo groups is 1. The Hall–Kier alpha value is -1.88. The van der Waals surface area contributed by atoms with Crippen molar-refractivity contribution in [3.05, 3.63) is 48.5 Å². The zero-order valence-corrected chi connectivity index (χ0v) is 20.5. The van der Waals surface area contributed by atoms with Crippen molar-refractivity contribution in [3.8, 4) is 11.5 Å². The maximum Gasteiger partial charge on any atom is 0.119 e. The topological polar surface area (TPSA) is 43.2 Å². The van der Waals surface area contributed by atoms with Crippen LogP contribution in [0.1, 0.15) is 71.1 Å². The van der Waals surface area contributed by atoms with Crippen LogP contribution in [0.2, 0.25) is 0 Å². The van der Waals surface area contributed by atoms with E-state index in [0.717, 1.165) is 54.3 Å². The van der Waals surface area contributed by atoms with Gasteiger partial charge in [0.25, 0.3) is 0 Å². The molecule has 0 atom stereocenters. The summed E-state index contributed by atoms with van der Waals surface area (Å²) in [6.07, 6.45) is 12.4. The third-order valence-corrected chi connectivity index (χ3v) is 5.58. The number of rotatable bonds is 17. The molecule has 0 radical (unpaired) electrons. The molecular weight excluding hydrogens is 452 g/mol. The van der Waals surface area contributed by atoms with Crippen molar-refractivity contribution in [1.29, 1.82) is 0 Å². The molecule has 2 aromatic carbocycles. The number of ether oxygens (including phenoxy) is 2. The molecule has 0 N–H and O–H groups in total. The van der Waals surface area contributed by atoms with Gasteiger partial charge in [-0.3, -0.25) is 0 Å². The summed E-state index contributed by atoms with van der Waals surface area (Å²) in [5.41, 5.74) is 1.63. The first-order valence-electron chi connectivity index (χ1n) is 11.7. The van der Waals surface area contributed by atoms with Crippen molar-refractivity contribution >= 4 is 27.3 Å². The molecule has 0 spiro atoms. The Balaban J connectivity index is 1.66. The number of unbranched alkanes of at least 4 members (excludes halogenated alkanes) is 8. The Labute approximate surface area is 196 Å². The standard InChI is InChI=1S/C26H37BrN2O2/c1-2-3-4-5-7-10-21-30-25-16-12-23(13-17-25)28-29-24-14-18-26(19-15-24)31-22-11-8-6-9-20-27/h12-19H,2-11,20-22H2,1H3. The summed E-state index contributed by atoms with van der Waals surface area (Å²) in [4.78, 5) is 0. The van der Waals surface area contributed by atoms with Crippen LogP contribution in [-0.4, -0.2) is 18.5 Å². The van der Waals surface area contributed by atoms with Crippen LogP contribution >= 0.6 is 15.9 Å². The average molecular weight is 489 g/mol. The molecule has 0 aliphatic heterocycles. The molecule has 0 aromatic heterocycles. The van der Waals surface area contributed by atoms with Crippen LogP contribution < -0.4 is 9.47 Å². The van der Waals surface area contributed by atoms with Crippen molar-refractivity contribution in [1.82, 2.24) is 0 Å². The lowest BCUT2D eigenvalue weighted by atomic mass is 10.1. The van der Waals surface area contributed by atoms with Gasteiger partial charge in [0, 0.05) is 5.33 Å². The third-order valence-electron chi connectivity index (χ3n) is 5.02. The Morgan fingerprint density at radius 2 is 1.00 bits per heavy atom. The predicted molar refractivity (Wildman–Crippen MR) is 134 cm³/mol. The van der Waals surface area contributed by atoms with Gasteiger partial charge in [-0.2, -0.15) is 10.2 Å². The number of nitrogens with zero attached hydrogens (tertiary/aromatic N) is 2. The Bertz CT molecular complexity index is 717. The molecule has 0 fully saturated rings. The van der Waals surface area contributed by atoms with E-state index in [9.17, 15) is 0 Å². The van der Waals surface area contributed by atoms with Crippen LogP contribution in [0.5, 0.6) is 11.5 Å². The van der Waals surface area contributed by atoms with Crippen LogP contribution in [0.3, 0.4) is 0 Å². The molecule has 0 amide bonds. The number of alkyl halides is 1. The highest BCUT2D eigenvalue weighted by atomic mass is 79.9. The van der Waals surface area contributed by atoms with Gasteiger partial charge in [-0.25, -0.2) is 0 Å². The summed E-state index contributed by atoms with van der Waals surface area (Å²) in [6.45, 7) is 3.78. The molecule has 0 heterocycles. The largest absolute Gasteiger partial charge is 0.494 e. The highest BCUT2D eigenvalue weighted by Crippen LogP contribution is 2.23. The summed E-state index contributed by atoms with van der Waals surface area (Å²) in [6, 6.07) is 15.6. The molecule has 2 aromatic rings. The van der Waals surface area contributed by atoms with Gasteiger partial charge in [0.15, 0.2) is 0 Å². The summed E-state index contributed by atoms with van der Waals surface area (Å²) in [5, 5.41) is 9.71. The molecule has 31 heavy (non-hydrogen) atoms. The van der Waals surface area contributed by atoms with Crippen LogP contribution in [0.25, 0.3) is 0 Å². The van der Waals surface area contributed by atoms with Gasteiger partial charge in [0.1, 0.15) is 11.5 Å². The van der Waals surface area contributed by atoms with E-state index in [0.29, 0.717) is 0 Å². The fourth-order valence-electron chi connectivity index (χ4n) is 3.15. The normalized spacial score (nSPS) is 11.2. The monoisotopic (exact) mass is 488 g/mol. The number of hydrogen-bond donors (Lipinski definition) is 0. The fraction of sp³-hybridized carbons (Fsp3) is 0.538. The van der Waals surface area contributed by atoms with E-state index in [1.807, 2.05) is 48.5 Å². The van der Waals surface area contributed by atoms with E-state index in [1.54, 1.807) is 0 Å². The highest BCUT2D eigenvalue weighted by Gasteiger charge is 1.98. The number of halogens is 1. The maximum absolute atomic E-state index is 5.81. The smallest absolute Gasteiger partial charge is 0.119 e. The second kappa shape index (κ2) is 16.8. The van der Waals surface area contributed by atoms with Gasteiger partial charge in [-0.15, -0.1) is 0 Å². The molecule has 0 saturated heterocycles. The van der Waals surface area contributed by atoms with Gasteiger partial charge in [-0.05, 0) is 67.8 Å². The van der Waals surface area contributed by atoms with Crippen molar-refractivity contribution in [2.75, 3.05) is 18.5 Å². The van der Waals surface area contributed by atoms with Crippen molar-refractivity contribution in [2.45, 2.75) is 71.1 Å². The zero-order chi connectivity index (χ0) is 22.0. The van der Waals surface area contributed by atoms with Crippen molar-refractivity contribution in [2.24, 2.45) is 10.2 Å². The molecule has 170 valence electrons. The molecular formula is C26H37BrN2O2. The van der Waals surface area contributed by atoms with Gasteiger partial charge >= 0.3 is 0 Å². The van der Waals surface area contributed by atoms with E-state index in [2.05, 4.69) is 33.1 Å². The second-order valence-corrected chi connectivity index (χ2v) is 8.55. The van der Waals surface area contributed by atoms with Crippen LogP contribution in [0.15, 0.2) is 58.8 Å². The summed E-state index contributed by atoms with van der Waals surface area (Å²) in [7, 11) is 0. The van der Waals surface area contributed by atoms with E-state index in [-0.39, 0.29) is 0 Å². The molecule has 0 bridgehead atoms. The first kappa shape index (κ1) is 25.4. The third kappa shape index (κ3) is 11.9. The van der Waals surface area contributed by atoms with E-state index in [4.69, 9.17) is 9.47 Å². The van der Waals surface area contributed by atoms with E-state index in [1.165, 1.54) is 51.4 Å². The molecule has 0 aliphatic rings. The SMILES string of the molecule is CCCCCCCCOc1ccc(N=Nc2ccc(OCCCCCCBr)cc2)cc1. The summed E-state index contributed by atoms with van der Waals surface area (Å²) < 4.78 is 11.6. The van der Waals surface area contributed by atoms with Crippen LogP contribution in [-0.2, 0) is 0 Å². The second-order valence-electron chi connectivity index (χ2n) is 7.76. The molecule has 0 saturated carbocycles. The Morgan fingerprint density at radius 3 is 1.45 bits per heavy atom. The molecule has 0 aliphatic carbocycles. The van der Waals surface area contributed by atoms with Gasteiger partial charge in [0.05, 0.1) is 24.6 Å². The molecule has 5 heteroatoms. The minimum Gasteiger partial charge on any atom is -0.494 e. The van der Waals surface area contributed by atoms with Crippen molar-refractivity contribution < 1.29 is 9.47 Å². The number of hydrogen-bond acceptors (Lipinski definition) is 4. The molecule has 4 nitrogen and oxygen atoms in total. The van der Waals surface area contributed by atoms with E-state index >= 15 is 0 Å².